The van der Waals surface area contributed by atoms with Gasteiger partial charge in [0.05, 0.1) is 19.8 Å². The van der Waals surface area contributed by atoms with Crippen LogP contribution in [0.25, 0.3) is 0 Å². The van der Waals surface area contributed by atoms with Gasteiger partial charge < -0.3 is 19.9 Å². The fourth-order valence-corrected chi connectivity index (χ4v) is 1.64. The van der Waals surface area contributed by atoms with Gasteiger partial charge in [-0.1, -0.05) is 19.1 Å². The van der Waals surface area contributed by atoms with Crippen molar-refractivity contribution in [1.82, 2.24) is 5.32 Å². The molecule has 0 amide bonds. The second kappa shape index (κ2) is 7.95. The van der Waals surface area contributed by atoms with Crippen LogP contribution in [0.5, 0.6) is 11.5 Å². The minimum Gasteiger partial charge on any atom is -0.493 e. The lowest BCUT2D eigenvalue weighted by Crippen LogP contribution is -2.24. The second-order valence-corrected chi connectivity index (χ2v) is 4.28. The average molecular weight is 253 g/mol. The first-order valence-electron chi connectivity index (χ1n) is 6.36. The van der Waals surface area contributed by atoms with Gasteiger partial charge in [0, 0.05) is 18.7 Å². The summed E-state index contributed by atoms with van der Waals surface area (Å²) in [6, 6.07) is 5.84. The molecule has 2 N–H and O–H groups in total. The average Bonchev–Trinajstić information content (AvgIpc) is 2.36. The zero-order valence-electron chi connectivity index (χ0n) is 11.4. The highest BCUT2D eigenvalue weighted by Gasteiger charge is 2.10. The third-order valence-corrected chi connectivity index (χ3v) is 2.49. The molecule has 0 aliphatic heterocycles. The molecule has 0 aliphatic rings. The van der Waals surface area contributed by atoms with Gasteiger partial charge in [-0.2, -0.15) is 0 Å². The molecule has 0 saturated heterocycles. The molecule has 0 heterocycles. The van der Waals surface area contributed by atoms with Crippen molar-refractivity contribution in [2.45, 2.75) is 32.9 Å². The van der Waals surface area contributed by atoms with E-state index in [1.54, 1.807) is 14.0 Å². The Labute approximate surface area is 109 Å². The third kappa shape index (κ3) is 4.55. The lowest BCUT2D eigenvalue weighted by Gasteiger charge is -2.15. The quantitative estimate of drug-likeness (QED) is 0.743. The highest BCUT2D eigenvalue weighted by atomic mass is 16.5. The molecule has 1 aromatic rings. The predicted octanol–water partition coefficient (Wildman–Crippen LogP) is 1.95. The number of aliphatic hydroxyl groups excluding tert-OH is 1. The molecule has 4 nitrogen and oxygen atoms in total. The summed E-state index contributed by atoms with van der Waals surface area (Å²) in [5.74, 6) is 1.54. The number of methoxy groups -OCH3 is 1. The van der Waals surface area contributed by atoms with Gasteiger partial charge in [0.15, 0.2) is 11.5 Å². The Morgan fingerprint density at radius 1 is 1.39 bits per heavy atom. The summed E-state index contributed by atoms with van der Waals surface area (Å²) in [6.07, 6.45) is 0.606. The SMILES string of the molecule is CCCOc1c(CNCC(C)O)cccc1OC. The summed E-state index contributed by atoms with van der Waals surface area (Å²) in [5.41, 5.74) is 1.04. The second-order valence-electron chi connectivity index (χ2n) is 4.28. The van der Waals surface area contributed by atoms with Gasteiger partial charge in [0.2, 0.25) is 0 Å². The smallest absolute Gasteiger partial charge is 0.165 e. The van der Waals surface area contributed by atoms with Crippen LogP contribution in [-0.2, 0) is 6.54 Å². The number of para-hydroxylation sites is 1. The highest BCUT2D eigenvalue weighted by Crippen LogP contribution is 2.31. The zero-order chi connectivity index (χ0) is 13.4. The first-order chi connectivity index (χ1) is 8.69. The van der Waals surface area contributed by atoms with Gasteiger partial charge >= 0.3 is 0 Å². The summed E-state index contributed by atoms with van der Waals surface area (Å²) in [5, 5.41) is 12.4. The van der Waals surface area contributed by atoms with E-state index in [-0.39, 0.29) is 6.10 Å². The van der Waals surface area contributed by atoms with E-state index in [9.17, 15) is 5.11 Å². The van der Waals surface area contributed by atoms with Crippen LogP contribution in [0.2, 0.25) is 0 Å². The summed E-state index contributed by atoms with van der Waals surface area (Å²) < 4.78 is 11.0. The Bertz CT molecular complexity index is 353. The van der Waals surface area contributed by atoms with E-state index in [0.717, 1.165) is 23.5 Å². The maximum Gasteiger partial charge on any atom is 0.165 e. The van der Waals surface area contributed by atoms with Crippen molar-refractivity contribution in [3.8, 4) is 11.5 Å². The largest absolute Gasteiger partial charge is 0.493 e. The number of rotatable bonds is 8. The van der Waals surface area contributed by atoms with Crippen LogP contribution < -0.4 is 14.8 Å². The number of nitrogens with one attached hydrogen (secondary N) is 1. The van der Waals surface area contributed by atoms with Crippen LogP contribution >= 0.6 is 0 Å². The minimum absolute atomic E-state index is 0.351. The van der Waals surface area contributed by atoms with Gasteiger partial charge in [-0.15, -0.1) is 0 Å². The fourth-order valence-electron chi connectivity index (χ4n) is 1.64. The third-order valence-electron chi connectivity index (χ3n) is 2.49. The highest BCUT2D eigenvalue weighted by molar-refractivity contribution is 5.46. The van der Waals surface area contributed by atoms with Gasteiger partial charge in [0.25, 0.3) is 0 Å². The molecule has 1 aromatic carbocycles. The normalized spacial score (nSPS) is 12.2. The van der Waals surface area contributed by atoms with E-state index >= 15 is 0 Å². The van der Waals surface area contributed by atoms with Crippen molar-refractivity contribution >= 4 is 0 Å². The summed E-state index contributed by atoms with van der Waals surface area (Å²) >= 11 is 0. The van der Waals surface area contributed by atoms with Gasteiger partial charge in [-0.25, -0.2) is 0 Å². The first-order valence-corrected chi connectivity index (χ1v) is 6.36. The van der Waals surface area contributed by atoms with Crippen LogP contribution in [0.3, 0.4) is 0 Å². The van der Waals surface area contributed by atoms with Crippen LogP contribution in [0.4, 0.5) is 0 Å². The van der Waals surface area contributed by atoms with E-state index < -0.39 is 0 Å². The van der Waals surface area contributed by atoms with E-state index in [4.69, 9.17) is 9.47 Å². The summed E-state index contributed by atoms with van der Waals surface area (Å²) in [7, 11) is 1.64. The van der Waals surface area contributed by atoms with Gasteiger partial charge in [-0.3, -0.25) is 0 Å². The molecule has 1 atom stereocenters. The number of benzene rings is 1. The number of aliphatic hydroxyl groups is 1. The molecule has 1 unspecified atom stereocenters. The molecule has 1 rings (SSSR count). The van der Waals surface area contributed by atoms with Crippen LogP contribution in [0, 0.1) is 0 Å². The van der Waals surface area contributed by atoms with Crippen molar-refractivity contribution in [2.24, 2.45) is 0 Å². The van der Waals surface area contributed by atoms with Crippen molar-refractivity contribution in [1.29, 1.82) is 0 Å². The fraction of sp³-hybridized carbons (Fsp3) is 0.571. The Kier molecular flexibility index (Phi) is 6.54. The van der Waals surface area contributed by atoms with Crippen molar-refractivity contribution in [3.63, 3.8) is 0 Å². The molecule has 4 heteroatoms. The Morgan fingerprint density at radius 2 is 2.17 bits per heavy atom. The minimum atomic E-state index is -0.351. The van der Waals surface area contributed by atoms with E-state index in [1.807, 2.05) is 18.2 Å². The molecule has 0 fully saturated rings. The first kappa shape index (κ1) is 14.8. The maximum atomic E-state index is 9.22. The molecule has 0 spiro atoms. The maximum absolute atomic E-state index is 9.22. The summed E-state index contributed by atoms with van der Waals surface area (Å²) in [4.78, 5) is 0. The standard InChI is InChI=1S/C14H23NO3/c1-4-8-18-14-12(10-15-9-11(2)16)6-5-7-13(14)17-3/h5-7,11,15-16H,4,8-10H2,1-3H3. The molecular formula is C14H23NO3. The molecule has 0 radical (unpaired) electrons. The van der Waals surface area contributed by atoms with Crippen molar-refractivity contribution in [3.05, 3.63) is 23.8 Å². The van der Waals surface area contributed by atoms with E-state index in [2.05, 4.69) is 12.2 Å². The van der Waals surface area contributed by atoms with Crippen molar-refractivity contribution in [2.75, 3.05) is 20.3 Å². The topological polar surface area (TPSA) is 50.7 Å². The molecular weight excluding hydrogens is 230 g/mol. The number of hydrogen-bond donors (Lipinski definition) is 2. The molecule has 0 bridgehead atoms. The van der Waals surface area contributed by atoms with Gasteiger partial charge in [0.1, 0.15) is 0 Å². The molecule has 0 saturated carbocycles. The van der Waals surface area contributed by atoms with Crippen LogP contribution in [0.1, 0.15) is 25.8 Å². The number of ether oxygens (including phenoxy) is 2. The monoisotopic (exact) mass is 253 g/mol. The van der Waals surface area contributed by atoms with Crippen LogP contribution in [0.15, 0.2) is 18.2 Å². The van der Waals surface area contributed by atoms with Crippen LogP contribution in [-0.4, -0.2) is 31.5 Å². The van der Waals surface area contributed by atoms with E-state index in [1.165, 1.54) is 0 Å². The summed E-state index contributed by atoms with van der Waals surface area (Å²) in [6.45, 7) is 5.71. The number of hydrogen-bond acceptors (Lipinski definition) is 4. The molecule has 0 aromatic heterocycles. The Hall–Kier alpha value is -1.26. The molecule has 0 aliphatic carbocycles. The van der Waals surface area contributed by atoms with Gasteiger partial charge in [-0.05, 0) is 19.4 Å². The predicted molar refractivity (Wildman–Crippen MR) is 72.2 cm³/mol. The lowest BCUT2D eigenvalue weighted by atomic mass is 10.2. The molecule has 102 valence electrons. The van der Waals surface area contributed by atoms with E-state index in [0.29, 0.717) is 19.7 Å². The zero-order valence-corrected chi connectivity index (χ0v) is 11.4. The lowest BCUT2D eigenvalue weighted by molar-refractivity contribution is 0.190. The Morgan fingerprint density at radius 3 is 2.78 bits per heavy atom. The Balaban J connectivity index is 2.74. The van der Waals surface area contributed by atoms with Crippen molar-refractivity contribution < 1.29 is 14.6 Å². The molecule has 18 heavy (non-hydrogen) atoms.